The van der Waals surface area contributed by atoms with Gasteiger partial charge < -0.3 is 10.2 Å². The third-order valence-corrected chi connectivity index (χ3v) is 6.45. The number of nitrogens with one attached hydrogen (secondary N) is 1. The highest BCUT2D eigenvalue weighted by Crippen LogP contribution is 2.32. The SMILES string of the molecule is O=C(Nc1cccc(C2=NN=CN(C3CC3)C2)c1)c1cc(-c2cnc3ccccc3c2)cc(C(F)(F)F)n1. The first-order chi connectivity index (χ1) is 18.3. The van der Waals surface area contributed by atoms with Gasteiger partial charge in [-0.15, -0.1) is 5.10 Å². The average molecular weight is 515 g/mol. The molecule has 1 N–H and O–H groups in total. The zero-order valence-corrected chi connectivity index (χ0v) is 20.0. The van der Waals surface area contributed by atoms with Crippen molar-refractivity contribution in [3.05, 3.63) is 89.9 Å². The van der Waals surface area contributed by atoms with Gasteiger partial charge in [0.15, 0.2) is 0 Å². The molecule has 1 amide bonds. The molecule has 4 aromatic rings. The van der Waals surface area contributed by atoms with Gasteiger partial charge in [0.2, 0.25) is 0 Å². The highest BCUT2D eigenvalue weighted by atomic mass is 19.4. The van der Waals surface area contributed by atoms with Crippen molar-refractivity contribution in [2.24, 2.45) is 10.2 Å². The summed E-state index contributed by atoms with van der Waals surface area (Å²) in [5.74, 6) is -0.758. The molecule has 2 aromatic heterocycles. The molecular formula is C28H21F3N6O. The van der Waals surface area contributed by atoms with E-state index >= 15 is 0 Å². The number of amides is 1. The fourth-order valence-corrected chi connectivity index (χ4v) is 4.35. The Morgan fingerprint density at radius 3 is 2.61 bits per heavy atom. The van der Waals surface area contributed by atoms with E-state index in [2.05, 4.69) is 30.4 Å². The van der Waals surface area contributed by atoms with Crippen LogP contribution < -0.4 is 5.32 Å². The lowest BCUT2D eigenvalue weighted by atomic mass is 10.0. The van der Waals surface area contributed by atoms with Gasteiger partial charge >= 0.3 is 6.18 Å². The molecule has 0 unspecified atom stereocenters. The smallest absolute Gasteiger partial charge is 0.352 e. The largest absolute Gasteiger partial charge is 0.433 e. The average Bonchev–Trinajstić information content (AvgIpc) is 3.78. The van der Waals surface area contributed by atoms with E-state index in [1.807, 2.05) is 30.3 Å². The van der Waals surface area contributed by atoms with Crippen molar-refractivity contribution in [2.75, 3.05) is 11.9 Å². The lowest BCUT2D eigenvalue weighted by molar-refractivity contribution is -0.141. The molecule has 0 bridgehead atoms. The molecule has 3 heterocycles. The third-order valence-electron chi connectivity index (χ3n) is 6.45. The van der Waals surface area contributed by atoms with Crippen molar-refractivity contribution < 1.29 is 18.0 Å². The molecule has 0 radical (unpaired) electrons. The summed E-state index contributed by atoms with van der Waals surface area (Å²) in [5.41, 5.74) is 1.78. The number of fused-ring (bicyclic) bond motifs is 1. The van der Waals surface area contributed by atoms with Crippen LogP contribution in [0.5, 0.6) is 0 Å². The zero-order valence-electron chi connectivity index (χ0n) is 20.0. The number of pyridine rings is 2. The van der Waals surface area contributed by atoms with Gasteiger partial charge in [0.25, 0.3) is 5.91 Å². The molecule has 0 spiro atoms. The van der Waals surface area contributed by atoms with E-state index in [1.54, 1.807) is 30.6 Å². The predicted octanol–water partition coefficient (Wildman–Crippen LogP) is 5.78. The van der Waals surface area contributed by atoms with Crippen molar-refractivity contribution in [1.82, 2.24) is 14.9 Å². The van der Waals surface area contributed by atoms with Crippen LogP contribution in [-0.2, 0) is 6.18 Å². The lowest BCUT2D eigenvalue weighted by Gasteiger charge is -2.22. The van der Waals surface area contributed by atoms with Crippen LogP contribution in [0.3, 0.4) is 0 Å². The standard InChI is InChI=1S/C28H21F3N6O/c29-28(30,31)26-13-19(20-10-17-4-1-2-7-23(17)32-14-20)12-24(35-26)27(38)34-21-6-3-5-18(11-21)25-15-37(16-33-36-25)22-8-9-22/h1-7,10-14,16,22H,8-9,15H2,(H,34,38). The molecule has 7 nitrogen and oxygen atoms in total. The minimum Gasteiger partial charge on any atom is -0.352 e. The van der Waals surface area contributed by atoms with E-state index in [1.165, 1.54) is 12.3 Å². The van der Waals surface area contributed by atoms with Gasteiger partial charge in [0.1, 0.15) is 17.7 Å². The fourth-order valence-electron chi connectivity index (χ4n) is 4.35. The number of halogens is 3. The second kappa shape index (κ2) is 9.37. The summed E-state index contributed by atoms with van der Waals surface area (Å²) < 4.78 is 41.2. The van der Waals surface area contributed by atoms with Crippen LogP contribution in [-0.4, -0.2) is 45.4 Å². The van der Waals surface area contributed by atoms with Gasteiger partial charge in [0.05, 0.1) is 17.8 Å². The molecule has 0 saturated heterocycles. The second-order valence-corrected chi connectivity index (χ2v) is 9.26. The maximum Gasteiger partial charge on any atom is 0.433 e. The van der Waals surface area contributed by atoms with Gasteiger partial charge in [-0.2, -0.15) is 18.3 Å². The number of alkyl halides is 3. The van der Waals surface area contributed by atoms with Crippen LogP contribution >= 0.6 is 0 Å². The van der Waals surface area contributed by atoms with E-state index in [4.69, 9.17) is 0 Å². The zero-order chi connectivity index (χ0) is 26.3. The number of anilines is 1. The first-order valence-corrected chi connectivity index (χ1v) is 12.1. The van der Waals surface area contributed by atoms with Crippen LogP contribution in [0.2, 0.25) is 0 Å². The molecule has 38 heavy (non-hydrogen) atoms. The topological polar surface area (TPSA) is 82.8 Å². The summed E-state index contributed by atoms with van der Waals surface area (Å²) >= 11 is 0. The van der Waals surface area contributed by atoms with Crippen molar-refractivity contribution in [3.63, 3.8) is 0 Å². The Balaban J connectivity index is 1.29. The summed E-state index contributed by atoms with van der Waals surface area (Å²) in [6.45, 7) is 0.601. The van der Waals surface area contributed by atoms with E-state index in [0.717, 1.165) is 35.6 Å². The molecule has 1 fully saturated rings. The Morgan fingerprint density at radius 2 is 1.79 bits per heavy atom. The number of para-hydroxylation sites is 1. The number of carbonyl (C=O) groups excluding carboxylic acids is 1. The van der Waals surface area contributed by atoms with Gasteiger partial charge in [-0.05, 0) is 54.8 Å². The highest BCUT2D eigenvalue weighted by Gasteiger charge is 2.34. The lowest BCUT2D eigenvalue weighted by Crippen LogP contribution is -2.33. The van der Waals surface area contributed by atoms with Crippen molar-refractivity contribution >= 4 is 34.5 Å². The highest BCUT2D eigenvalue weighted by molar-refractivity contribution is 6.07. The van der Waals surface area contributed by atoms with Crippen LogP contribution in [0.25, 0.3) is 22.0 Å². The number of benzene rings is 2. The maximum atomic E-state index is 13.7. The van der Waals surface area contributed by atoms with E-state index in [9.17, 15) is 18.0 Å². The Bertz CT molecular complexity index is 1610. The van der Waals surface area contributed by atoms with Crippen LogP contribution in [0.15, 0.2) is 83.1 Å². The summed E-state index contributed by atoms with van der Waals surface area (Å²) in [7, 11) is 0. The van der Waals surface area contributed by atoms with Crippen molar-refractivity contribution in [1.29, 1.82) is 0 Å². The summed E-state index contributed by atoms with van der Waals surface area (Å²) in [5, 5.41) is 11.8. The molecule has 0 atom stereocenters. The molecule has 190 valence electrons. The molecule has 1 aliphatic heterocycles. The number of hydrogen-bond acceptors (Lipinski definition) is 6. The third kappa shape index (κ3) is 4.97. The summed E-state index contributed by atoms with van der Waals surface area (Å²) in [6, 6.07) is 18.8. The summed E-state index contributed by atoms with van der Waals surface area (Å²) in [6.07, 6.45) is 0.728. The Hall–Kier alpha value is -4.60. The second-order valence-electron chi connectivity index (χ2n) is 9.26. The van der Waals surface area contributed by atoms with Crippen LogP contribution in [0.1, 0.15) is 34.6 Å². The maximum absolute atomic E-state index is 13.7. The summed E-state index contributed by atoms with van der Waals surface area (Å²) in [4.78, 5) is 23.2. The quantitative estimate of drug-likeness (QED) is 0.366. The molecule has 6 rings (SSSR count). The molecular weight excluding hydrogens is 493 g/mol. The number of carbonyl (C=O) groups is 1. The molecule has 1 aliphatic carbocycles. The minimum atomic E-state index is -4.73. The van der Waals surface area contributed by atoms with Gasteiger partial charge in [-0.25, -0.2) is 4.98 Å². The first-order valence-electron chi connectivity index (χ1n) is 12.1. The number of aromatic nitrogens is 2. The normalized spacial score (nSPS) is 15.4. The van der Waals surface area contributed by atoms with Gasteiger partial charge in [-0.1, -0.05) is 30.3 Å². The van der Waals surface area contributed by atoms with E-state index in [-0.39, 0.29) is 11.3 Å². The minimum absolute atomic E-state index is 0.194. The van der Waals surface area contributed by atoms with Gasteiger partial charge in [0, 0.05) is 34.4 Å². The monoisotopic (exact) mass is 514 g/mol. The van der Waals surface area contributed by atoms with E-state index < -0.39 is 17.8 Å². The Kier molecular flexibility index (Phi) is 5.86. The Morgan fingerprint density at radius 1 is 0.947 bits per heavy atom. The molecule has 2 aromatic carbocycles. The number of rotatable bonds is 5. The molecule has 10 heteroatoms. The number of hydrogen-bond donors (Lipinski definition) is 1. The molecule has 1 saturated carbocycles. The van der Waals surface area contributed by atoms with Crippen LogP contribution in [0, 0.1) is 0 Å². The first kappa shape index (κ1) is 23.8. The van der Waals surface area contributed by atoms with E-state index in [0.29, 0.717) is 29.4 Å². The van der Waals surface area contributed by atoms with Crippen molar-refractivity contribution in [3.8, 4) is 11.1 Å². The predicted molar refractivity (Wildman–Crippen MR) is 139 cm³/mol. The van der Waals surface area contributed by atoms with Crippen LogP contribution in [0.4, 0.5) is 18.9 Å². The fraction of sp³-hybridized carbons (Fsp3) is 0.179. The number of nitrogens with zero attached hydrogens (tertiary/aromatic N) is 5. The van der Waals surface area contributed by atoms with Crippen molar-refractivity contribution in [2.45, 2.75) is 25.1 Å². The Labute approximate surface area is 215 Å². The van der Waals surface area contributed by atoms with Gasteiger partial charge in [-0.3, -0.25) is 9.78 Å². The molecule has 2 aliphatic rings.